The van der Waals surface area contributed by atoms with Crippen molar-refractivity contribution in [2.45, 2.75) is 0 Å². The standard InChI is InChI=1S/C35H23FN4O3/c1-42-21-15-16-28(43-2)25(17-21)29-30-32(23-8-3-4-9-24(23)34(30)41)38-35-31(29)33(26-18-37-27-10-6-5-7-22(26)27)39-40(35)20-13-11-19(36)12-14-20/h3-18,37H,1-2H3. The fraction of sp³-hybridized carbons (Fsp3) is 0.0571. The number of ketones is 1. The zero-order chi connectivity index (χ0) is 29.2. The number of hydrogen-bond donors (Lipinski definition) is 1. The average Bonchev–Trinajstić information content (AvgIpc) is 3.73. The number of aromatic amines is 1. The zero-order valence-corrected chi connectivity index (χ0v) is 23.2. The molecule has 43 heavy (non-hydrogen) atoms. The Balaban J connectivity index is 1.59. The number of ether oxygens (including phenoxy) is 2. The second-order valence-corrected chi connectivity index (χ2v) is 10.3. The average molecular weight is 567 g/mol. The number of halogens is 1. The maximum atomic E-state index is 14.2. The molecule has 0 bridgehead atoms. The molecule has 0 fully saturated rings. The topological polar surface area (TPSA) is 82.0 Å². The molecule has 7 nitrogen and oxygen atoms in total. The van der Waals surface area contributed by atoms with Crippen LogP contribution in [0.1, 0.15) is 15.9 Å². The van der Waals surface area contributed by atoms with E-state index < -0.39 is 0 Å². The van der Waals surface area contributed by atoms with Gasteiger partial charge in [-0.05, 0) is 48.5 Å². The first-order chi connectivity index (χ1) is 21.1. The van der Waals surface area contributed by atoms with Crippen LogP contribution in [0.3, 0.4) is 0 Å². The van der Waals surface area contributed by atoms with Crippen LogP contribution in [0.4, 0.5) is 4.39 Å². The summed E-state index contributed by atoms with van der Waals surface area (Å²) in [6.07, 6.45) is 1.91. The minimum absolute atomic E-state index is 0.126. The number of methoxy groups -OCH3 is 2. The van der Waals surface area contributed by atoms with Crippen LogP contribution in [0.2, 0.25) is 0 Å². The lowest BCUT2D eigenvalue weighted by atomic mass is 9.92. The first kappa shape index (κ1) is 25.0. The van der Waals surface area contributed by atoms with Crippen LogP contribution in [0.5, 0.6) is 11.5 Å². The summed E-state index contributed by atoms with van der Waals surface area (Å²) in [5, 5.41) is 6.75. The molecule has 0 aliphatic heterocycles. The van der Waals surface area contributed by atoms with Gasteiger partial charge in [-0.15, -0.1) is 0 Å². The van der Waals surface area contributed by atoms with Crippen molar-refractivity contribution in [3.63, 3.8) is 0 Å². The molecule has 0 saturated heterocycles. The van der Waals surface area contributed by atoms with Gasteiger partial charge in [-0.3, -0.25) is 4.79 Å². The molecule has 0 radical (unpaired) electrons. The van der Waals surface area contributed by atoms with E-state index in [1.54, 1.807) is 31.0 Å². The van der Waals surface area contributed by atoms with E-state index in [0.717, 1.165) is 22.0 Å². The maximum Gasteiger partial charge on any atom is 0.196 e. The van der Waals surface area contributed by atoms with E-state index in [2.05, 4.69) is 4.98 Å². The number of rotatable bonds is 5. The maximum absolute atomic E-state index is 14.2. The van der Waals surface area contributed by atoms with Crippen molar-refractivity contribution in [1.82, 2.24) is 19.7 Å². The van der Waals surface area contributed by atoms with E-state index >= 15 is 0 Å². The smallest absolute Gasteiger partial charge is 0.196 e. The number of aromatic nitrogens is 4. The van der Waals surface area contributed by atoms with E-state index in [4.69, 9.17) is 19.6 Å². The number of para-hydroxylation sites is 1. The number of nitrogens with one attached hydrogen (secondary N) is 1. The second kappa shape index (κ2) is 9.39. The van der Waals surface area contributed by atoms with E-state index in [1.165, 1.54) is 12.1 Å². The van der Waals surface area contributed by atoms with Crippen LogP contribution < -0.4 is 9.47 Å². The summed E-state index contributed by atoms with van der Waals surface area (Å²) in [5.41, 5.74) is 7.23. The molecule has 8 heteroatoms. The van der Waals surface area contributed by atoms with Gasteiger partial charge in [-0.1, -0.05) is 42.5 Å². The molecule has 0 atom stereocenters. The van der Waals surface area contributed by atoms with Crippen LogP contribution in [0.25, 0.3) is 61.3 Å². The largest absolute Gasteiger partial charge is 0.497 e. The van der Waals surface area contributed by atoms with E-state index in [1.807, 2.05) is 72.9 Å². The van der Waals surface area contributed by atoms with Gasteiger partial charge in [0.15, 0.2) is 11.4 Å². The van der Waals surface area contributed by atoms with E-state index in [-0.39, 0.29) is 11.6 Å². The highest BCUT2D eigenvalue weighted by molar-refractivity contribution is 6.28. The van der Waals surface area contributed by atoms with Crippen molar-refractivity contribution in [3.8, 4) is 50.8 Å². The second-order valence-electron chi connectivity index (χ2n) is 10.3. The Labute approximate surface area is 245 Å². The number of carbonyl (C=O) groups excluding carboxylic acids is 1. The number of benzene rings is 4. The summed E-state index contributed by atoms with van der Waals surface area (Å²) < 4.78 is 27.2. The molecular weight excluding hydrogens is 543 g/mol. The van der Waals surface area contributed by atoms with Gasteiger partial charge < -0.3 is 14.5 Å². The Kier molecular flexibility index (Phi) is 5.46. The molecule has 3 aromatic heterocycles. The van der Waals surface area contributed by atoms with Gasteiger partial charge in [0.1, 0.15) is 23.0 Å². The van der Waals surface area contributed by atoms with Crippen molar-refractivity contribution in [1.29, 1.82) is 0 Å². The van der Waals surface area contributed by atoms with Gasteiger partial charge >= 0.3 is 0 Å². The third kappa shape index (κ3) is 3.63. The van der Waals surface area contributed by atoms with Crippen molar-refractivity contribution in [3.05, 3.63) is 114 Å². The van der Waals surface area contributed by atoms with Crippen LogP contribution >= 0.6 is 0 Å². The number of fused-ring (bicyclic) bond motifs is 5. The van der Waals surface area contributed by atoms with Crippen LogP contribution in [-0.2, 0) is 0 Å². The third-order valence-corrected chi connectivity index (χ3v) is 8.06. The van der Waals surface area contributed by atoms with Gasteiger partial charge in [-0.2, -0.15) is 5.10 Å². The predicted molar refractivity (Wildman–Crippen MR) is 164 cm³/mol. The SMILES string of the molecule is COc1ccc(OC)c(-c2c3c(nc4c2c(-c2c[nH]c5ccccc25)nn4-c2ccc(F)cc2)-c2ccccc2C3=O)c1. The highest BCUT2D eigenvalue weighted by Gasteiger charge is 2.36. The van der Waals surface area contributed by atoms with Gasteiger partial charge in [0.05, 0.1) is 36.6 Å². The number of H-pyrrole nitrogens is 1. The fourth-order valence-corrected chi connectivity index (χ4v) is 6.08. The minimum atomic E-state index is -0.354. The summed E-state index contributed by atoms with van der Waals surface area (Å²) in [7, 11) is 3.20. The Morgan fingerprint density at radius 1 is 0.767 bits per heavy atom. The summed E-state index contributed by atoms with van der Waals surface area (Å²) in [6.45, 7) is 0. The van der Waals surface area contributed by atoms with Crippen LogP contribution in [-0.4, -0.2) is 39.8 Å². The molecule has 1 N–H and O–H groups in total. The summed E-state index contributed by atoms with van der Waals surface area (Å²) in [5.74, 6) is 0.697. The summed E-state index contributed by atoms with van der Waals surface area (Å²) in [6, 6.07) is 27.1. The fourth-order valence-electron chi connectivity index (χ4n) is 6.08. The molecule has 1 aliphatic carbocycles. The van der Waals surface area contributed by atoms with Gasteiger partial charge in [-0.25, -0.2) is 14.1 Å². The number of nitrogens with zero attached hydrogens (tertiary/aromatic N) is 3. The van der Waals surface area contributed by atoms with Gasteiger partial charge in [0.2, 0.25) is 0 Å². The zero-order valence-electron chi connectivity index (χ0n) is 23.2. The number of pyridine rings is 1. The third-order valence-electron chi connectivity index (χ3n) is 8.06. The van der Waals surface area contributed by atoms with Crippen molar-refractivity contribution < 1.29 is 18.7 Å². The molecule has 1 aliphatic rings. The predicted octanol–water partition coefficient (Wildman–Crippen LogP) is 7.60. The normalized spacial score (nSPS) is 12.1. The van der Waals surface area contributed by atoms with Gasteiger partial charge in [0, 0.05) is 44.9 Å². The molecule has 4 aromatic carbocycles. The van der Waals surface area contributed by atoms with E-state index in [0.29, 0.717) is 61.9 Å². The molecule has 7 aromatic rings. The van der Waals surface area contributed by atoms with Crippen molar-refractivity contribution >= 4 is 27.7 Å². The number of carbonyl (C=O) groups is 1. The Morgan fingerprint density at radius 2 is 1.53 bits per heavy atom. The number of hydrogen-bond acceptors (Lipinski definition) is 5. The summed E-state index contributed by atoms with van der Waals surface area (Å²) in [4.78, 5) is 22.7. The molecular formula is C35H23FN4O3. The molecule has 8 rings (SSSR count). The molecule has 0 amide bonds. The molecule has 3 heterocycles. The van der Waals surface area contributed by atoms with Crippen LogP contribution in [0.15, 0.2) is 97.2 Å². The lowest BCUT2D eigenvalue weighted by Gasteiger charge is -2.15. The first-order valence-corrected chi connectivity index (χ1v) is 13.7. The molecule has 0 unspecified atom stereocenters. The highest BCUT2D eigenvalue weighted by Crippen LogP contribution is 2.49. The van der Waals surface area contributed by atoms with Gasteiger partial charge in [0.25, 0.3) is 0 Å². The first-order valence-electron chi connectivity index (χ1n) is 13.7. The monoisotopic (exact) mass is 566 g/mol. The van der Waals surface area contributed by atoms with E-state index in [9.17, 15) is 9.18 Å². The highest BCUT2D eigenvalue weighted by atomic mass is 19.1. The van der Waals surface area contributed by atoms with Crippen molar-refractivity contribution in [2.75, 3.05) is 14.2 Å². The quantitative estimate of drug-likeness (QED) is 0.232. The van der Waals surface area contributed by atoms with Crippen molar-refractivity contribution in [2.24, 2.45) is 0 Å². The lowest BCUT2D eigenvalue weighted by Crippen LogP contribution is -2.03. The molecule has 208 valence electrons. The Hall–Kier alpha value is -5.76. The minimum Gasteiger partial charge on any atom is -0.497 e. The molecule has 0 spiro atoms. The molecule has 0 saturated carbocycles. The summed E-state index contributed by atoms with van der Waals surface area (Å²) >= 11 is 0. The Morgan fingerprint density at radius 3 is 2.33 bits per heavy atom. The lowest BCUT2D eigenvalue weighted by molar-refractivity contribution is 0.104. The Bertz CT molecular complexity index is 2250. The van der Waals surface area contributed by atoms with Crippen LogP contribution in [0, 0.1) is 5.82 Å².